The number of aromatic carboxylic acids is 1. The van der Waals surface area contributed by atoms with Gasteiger partial charge in [0.1, 0.15) is 16.3 Å². The minimum atomic E-state index is -0.937. The normalized spacial score (nSPS) is 17.1. The first kappa shape index (κ1) is 18.5. The number of thiazole rings is 1. The van der Waals surface area contributed by atoms with Gasteiger partial charge >= 0.3 is 5.97 Å². The van der Waals surface area contributed by atoms with Crippen molar-refractivity contribution in [1.29, 1.82) is 0 Å². The molecule has 0 aliphatic carbocycles. The molecule has 0 saturated carbocycles. The summed E-state index contributed by atoms with van der Waals surface area (Å²) in [4.78, 5) is 31.3. The molecule has 1 saturated heterocycles. The molecule has 1 atom stereocenters. The van der Waals surface area contributed by atoms with Crippen LogP contribution in [-0.4, -0.2) is 50.2 Å². The fourth-order valence-electron chi connectivity index (χ4n) is 2.80. The van der Waals surface area contributed by atoms with Gasteiger partial charge in [-0.2, -0.15) is 0 Å². The number of pyridine rings is 1. The van der Waals surface area contributed by atoms with Crippen molar-refractivity contribution >= 4 is 40.8 Å². The molecule has 26 heavy (non-hydrogen) atoms. The number of nitrogens with zero attached hydrogens (tertiary/aromatic N) is 4. The molecule has 0 amide bonds. The van der Waals surface area contributed by atoms with Gasteiger partial charge in [-0.15, -0.1) is 11.3 Å². The van der Waals surface area contributed by atoms with Crippen molar-refractivity contribution in [2.24, 2.45) is 0 Å². The van der Waals surface area contributed by atoms with E-state index < -0.39 is 5.97 Å². The first-order valence-electron chi connectivity index (χ1n) is 7.96. The van der Waals surface area contributed by atoms with Crippen molar-refractivity contribution in [2.75, 3.05) is 13.6 Å². The number of fused-ring (bicyclic) bond motifs is 1. The van der Waals surface area contributed by atoms with Crippen LogP contribution in [0.5, 0.6) is 0 Å². The summed E-state index contributed by atoms with van der Waals surface area (Å²) in [5.41, 5.74) is 1.31. The van der Waals surface area contributed by atoms with E-state index in [-0.39, 0.29) is 5.69 Å². The predicted molar refractivity (Wildman–Crippen MR) is 99.3 cm³/mol. The fraction of sp³-hybridized carbons (Fsp3) is 0.294. The average Bonchev–Trinajstić information content (AvgIpc) is 3.32. The van der Waals surface area contributed by atoms with Crippen LogP contribution in [0.15, 0.2) is 29.9 Å². The highest BCUT2D eigenvalue weighted by atomic mass is 35.5. The number of carbonyl (C=O) groups excluding carboxylic acids is 1. The Morgan fingerprint density at radius 1 is 1.38 bits per heavy atom. The molecule has 3 aromatic heterocycles. The van der Waals surface area contributed by atoms with E-state index in [1.54, 1.807) is 34.3 Å². The van der Waals surface area contributed by atoms with E-state index in [1.165, 1.54) is 17.8 Å². The first-order chi connectivity index (χ1) is 12.5. The topological polar surface area (TPSA) is 87.8 Å². The molecule has 0 aromatic carbocycles. The second-order valence-corrected chi connectivity index (χ2v) is 7.24. The zero-order valence-corrected chi connectivity index (χ0v) is 15.6. The van der Waals surface area contributed by atoms with Gasteiger partial charge in [-0.05, 0) is 38.6 Å². The first-order valence-corrected chi connectivity index (χ1v) is 9.22. The quantitative estimate of drug-likeness (QED) is 0.687. The fourth-order valence-corrected chi connectivity index (χ4v) is 3.96. The summed E-state index contributed by atoms with van der Waals surface area (Å²) in [7, 11) is 2.06. The van der Waals surface area contributed by atoms with Crippen LogP contribution < -0.4 is 0 Å². The molecule has 0 radical (unpaired) electrons. The van der Waals surface area contributed by atoms with E-state index in [4.69, 9.17) is 16.7 Å². The number of aromatic nitrogens is 3. The average molecular weight is 393 g/mol. The third-order valence-electron chi connectivity index (χ3n) is 4.10. The number of imidazole rings is 1. The Morgan fingerprint density at radius 3 is 2.81 bits per heavy atom. The molecular formula is C17H17ClN4O3S. The molecule has 7 nitrogen and oxygen atoms in total. The van der Waals surface area contributed by atoms with Crippen molar-refractivity contribution in [3.63, 3.8) is 0 Å². The Hall–Kier alpha value is -2.29. The second-order valence-electron chi connectivity index (χ2n) is 5.91. The molecule has 3 aromatic rings. The molecular weight excluding hydrogens is 376 g/mol. The zero-order valence-electron chi connectivity index (χ0n) is 14.0. The van der Waals surface area contributed by atoms with Gasteiger partial charge < -0.3 is 9.51 Å². The summed E-state index contributed by atoms with van der Waals surface area (Å²) in [5.74, 6) is -0.937. The summed E-state index contributed by atoms with van der Waals surface area (Å²) in [5, 5.41) is 11.9. The molecule has 1 fully saturated rings. The van der Waals surface area contributed by atoms with Gasteiger partial charge in [-0.3, -0.25) is 9.69 Å². The predicted octanol–water partition coefficient (Wildman–Crippen LogP) is 3.41. The van der Waals surface area contributed by atoms with Gasteiger partial charge in [-0.1, -0.05) is 11.6 Å². The molecule has 0 spiro atoms. The SMILES string of the molecule is CN1CCCC1c1nc(C(=O)O)cs1.O=Cc1cn2cc(Cl)ccc2n1. The largest absolute Gasteiger partial charge is 0.476 e. The molecule has 1 N–H and O–H groups in total. The standard InChI is InChI=1S/C9H12N2O2S.C8H5ClN2O/c1-11-4-2-3-7(11)8-10-6(5-14-8)9(12)13;9-6-1-2-8-10-7(5-12)4-11(8)3-6/h5,7H,2-4H2,1H3,(H,12,13);1-5H. The summed E-state index contributed by atoms with van der Waals surface area (Å²) in [6.07, 6.45) is 6.30. The highest BCUT2D eigenvalue weighted by Crippen LogP contribution is 2.32. The summed E-state index contributed by atoms with van der Waals surface area (Å²) >= 11 is 7.18. The van der Waals surface area contributed by atoms with Crippen molar-refractivity contribution in [3.05, 3.63) is 51.3 Å². The summed E-state index contributed by atoms with van der Waals surface area (Å²) in [6.45, 7) is 1.08. The van der Waals surface area contributed by atoms with E-state index in [2.05, 4.69) is 21.9 Å². The van der Waals surface area contributed by atoms with Crippen LogP contribution in [0.3, 0.4) is 0 Å². The van der Waals surface area contributed by atoms with Crippen LogP contribution in [0.25, 0.3) is 5.65 Å². The van der Waals surface area contributed by atoms with E-state index in [0.29, 0.717) is 23.0 Å². The number of rotatable bonds is 3. The van der Waals surface area contributed by atoms with Crippen LogP contribution in [0.2, 0.25) is 5.02 Å². The van der Waals surface area contributed by atoms with Gasteiger partial charge in [-0.25, -0.2) is 14.8 Å². The molecule has 4 heterocycles. The Kier molecular flexibility index (Phi) is 5.65. The number of hydrogen-bond acceptors (Lipinski definition) is 6. The van der Waals surface area contributed by atoms with Crippen LogP contribution in [-0.2, 0) is 0 Å². The maximum absolute atomic E-state index is 10.6. The van der Waals surface area contributed by atoms with Crippen molar-refractivity contribution in [3.8, 4) is 0 Å². The van der Waals surface area contributed by atoms with Crippen molar-refractivity contribution in [1.82, 2.24) is 19.3 Å². The number of carboxylic acid groups (broad SMARTS) is 1. The minimum absolute atomic E-state index is 0.172. The summed E-state index contributed by atoms with van der Waals surface area (Å²) < 4.78 is 1.71. The Balaban J connectivity index is 0.000000152. The van der Waals surface area contributed by atoms with Crippen LogP contribution in [0.1, 0.15) is 44.9 Å². The Bertz CT molecular complexity index is 939. The summed E-state index contributed by atoms with van der Waals surface area (Å²) in [6, 6.07) is 3.82. The van der Waals surface area contributed by atoms with E-state index >= 15 is 0 Å². The molecule has 1 aliphatic rings. The van der Waals surface area contributed by atoms with Gasteiger partial charge in [0.05, 0.1) is 11.1 Å². The maximum atomic E-state index is 10.6. The zero-order chi connectivity index (χ0) is 18.7. The van der Waals surface area contributed by atoms with Gasteiger partial charge in [0.25, 0.3) is 0 Å². The number of carbonyl (C=O) groups is 2. The second kappa shape index (κ2) is 7.94. The van der Waals surface area contributed by atoms with Crippen molar-refractivity contribution < 1.29 is 14.7 Å². The number of carboxylic acids is 1. The van der Waals surface area contributed by atoms with Gasteiger partial charge in [0.15, 0.2) is 12.0 Å². The molecule has 1 aliphatic heterocycles. The minimum Gasteiger partial charge on any atom is -0.476 e. The monoisotopic (exact) mass is 392 g/mol. The van der Waals surface area contributed by atoms with E-state index in [9.17, 15) is 9.59 Å². The highest BCUT2D eigenvalue weighted by molar-refractivity contribution is 7.09. The highest BCUT2D eigenvalue weighted by Gasteiger charge is 2.25. The third kappa shape index (κ3) is 4.09. The lowest BCUT2D eigenvalue weighted by molar-refractivity contribution is 0.0690. The molecule has 0 bridgehead atoms. The van der Waals surface area contributed by atoms with Crippen LogP contribution in [0, 0.1) is 0 Å². The number of hydrogen-bond donors (Lipinski definition) is 1. The van der Waals surface area contributed by atoms with E-state index in [0.717, 1.165) is 23.6 Å². The lowest BCUT2D eigenvalue weighted by Gasteiger charge is -2.16. The molecule has 4 rings (SSSR count). The van der Waals surface area contributed by atoms with Crippen LogP contribution >= 0.6 is 22.9 Å². The van der Waals surface area contributed by atoms with Gasteiger partial charge in [0, 0.05) is 17.8 Å². The smallest absolute Gasteiger partial charge is 0.355 e. The molecule has 1 unspecified atom stereocenters. The van der Waals surface area contributed by atoms with Crippen molar-refractivity contribution in [2.45, 2.75) is 18.9 Å². The Labute approximate surface area is 158 Å². The number of likely N-dealkylation sites (tertiary alicyclic amines) is 1. The number of aldehydes is 1. The lowest BCUT2D eigenvalue weighted by atomic mass is 10.2. The number of halogens is 1. The molecule has 136 valence electrons. The van der Waals surface area contributed by atoms with E-state index in [1.807, 2.05) is 0 Å². The van der Waals surface area contributed by atoms with Crippen LogP contribution in [0.4, 0.5) is 0 Å². The lowest BCUT2D eigenvalue weighted by Crippen LogP contribution is -2.17. The molecule has 9 heteroatoms. The third-order valence-corrected chi connectivity index (χ3v) is 5.27. The Morgan fingerprint density at radius 2 is 2.19 bits per heavy atom. The van der Waals surface area contributed by atoms with Gasteiger partial charge in [0.2, 0.25) is 0 Å². The maximum Gasteiger partial charge on any atom is 0.355 e.